The second kappa shape index (κ2) is 6.60. The van der Waals surface area contributed by atoms with Gasteiger partial charge in [-0.25, -0.2) is 4.79 Å². The van der Waals surface area contributed by atoms with Crippen molar-refractivity contribution < 1.29 is 9.53 Å². The molecule has 0 spiro atoms. The lowest BCUT2D eigenvalue weighted by molar-refractivity contribution is 0.0556. The van der Waals surface area contributed by atoms with Gasteiger partial charge in [-0.2, -0.15) is 0 Å². The van der Waals surface area contributed by atoms with E-state index in [9.17, 15) is 4.79 Å². The van der Waals surface area contributed by atoms with Crippen LogP contribution in [0, 0.1) is 11.8 Å². The Labute approximate surface area is 129 Å². The highest BCUT2D eigenvalue weighted by Crippen LogP contribution is 2.17. The third-order valence-corrected chi connectivity index (χ3v) is 3.30. The van der Waals surface area contributed by atoms with Crippen molar-refractivity contribution in [3.8, 4) is 11.8 Å². The third-order valence-electron chi connectivity index (χ3n) is 3.30. The molecule has 0 unspecified atom stereocenters. The molecular weight excluding hydrogens is 272 g/mol. The first-order valence-corrected chi connectivity index (χ1v) is 7.03. The molecule has 0 N–H and O–H groups in total. The standard InChI is InChI=1S/C20H14O2/c21-20(18-9-2-1-3-10-18)22-15-7-13-17-12-6-11-16-8-4-5-14-19(16)17/h1-6,8-12,14H,15H2. The molecule has 3 aromatic rings. The number of carbonyl (C=O) groups excluding carboxylic acids is 1. The topological polar surface area (TPSA) is 26.3 Å². The summed E-state index contributed by atoms with van der Waals surface area (Å²) in [6, 6.07) is 23.0. The van der Waals surface area contributed by atoms with E-state index in [2.05, 4.69) is 24.0 Å². The van der Waals surface area contributed by atoms with Crippen molar-refractivity contribution in [1.29, 1.82) is 0 Å². The van der Waals surface area contributed by atoms with Crippen molar-refractivity contribution in [2.45, 2.75) is 0 Å². The van der Waals surface area contributed by atoms with E-state index in [1.165, 1.54) is 0 Å². The maximum Gasteiger partial charge on any atom is 0.339 e. The van der Waals surface area contributed by atoms with Crippen molar-refractivity contribution in [1.82, 2.24) is 0 Å². The molecular formula is C20H14O2. The maximum absolute atomic E-state index is 11.8. The molecule has 3 rings (SSSR count). The quantitative estimate of drug-likeness (QED) is 0.525. The van der Waals surface area contributed by atoms with E-state index in [0.717, 1.165) is 16.3 Å². The minimum absolute atomic E-state index is 0.0803. The van der Waals surface area contributed by atoms with E-state index in [1.807, 2.05) is 36.4 Å². The molecule has 0 bridgehead atoms. The van der Waals surface area contributed by atoms with Gasteiger partial charge in [0.05, 0.1) is 5.56 Å². The fraction of sp³-hybridized carbons (Fsp3) is 0.0500. The summed E-state index contributed by atoms with van der Waals surface area (Å²) in [7, 11) is 0. The van der Waals surface area contributed by atoms with E-state index in [4.69, 9.17) is 4.74 Å². The van der Waals surface area contributed by atoms with E-state index in [-0.39, 0.29) is 12.6 Å². The predicted molar refractivity (Wildman–Crippen MR) is 87.6 cm³/mol. The highest BCUT2D eigenvalue weighted by Gasteiger charge is 2.03. The van der Waals surface area contributed by atoms with Gasteiger partial charge >= 0.3 is 5.97 Å². The molecule has 0 heterocycles. The van der Waals surface area contributed by atoms with Gasteiger partial charge in [-0.05, 0) is 29.0 Å². The Morgan fingerprint density at radius 1 is 0.864 bits per heavy atom. The molecule has 2 heteroatoms. The molecule has 0 atom stereocenters. The summed E-state index contributed by atoms with van der Waals surface area (Å²) in [6.07, 6.45) is 0. The fourth-order valence-electron chi connectivity index (χ4n) is 2.22. The first-order chi connectivity index (χ1) is 10.8. The lowest BCUT2D eigenvalue weighted by atomic mass is 10.1. The molecule has 0 fully saturated rings. The van der Waals surface area contributed by atoms with Crippen molar-refractivity contribution in [3.05, 3.63) is 83.9 Å². The van der Waals surface area contributed by atoms with Gasteiger partial charge in [0.1, 0.15) is 0 Å². The summed E-state index contributed by atoms with van der Waals surface area (Å²) < 4.78 is 5.15. The molecule has 0 aliphatic heterocycles. The van der Waals surface area contributed by atoms with Gasteiger partial charge in [0, 0.05) is 5.56 Å². The van der Waals surface area contributed by atoms with Crippen LogP contribution in [0.2, 0.25) is 0 Å². The second-order valence-electron chi connectivity index (χ2n) is 4.77. The smallest absolute Gasteiger partial charge is 0.339 e. The summed E-state index contributed by atoms with van der Waals surface area (Å²) >= 11 is 0. The molecule has 0 aliphatic rings. The van der Waals surface area contributed by atoms with E-state index >= 15 is 0 Å². The molecule has 0 amide bonds. The average molecular weight is 286 g/mol. The molecule has 106 valence electrons. The maximum atomic E-state index is 11.8. The van der Waals surface area contributed by atoms with Gasteiger partial charge in [0.15, 0.2) is 6.61 Å². The van der Waals surface area contributed by atoms with Gasteiger partial charge in [0.2, 0.25) is 0 Å². The van der Waals surface area contributed by atoms with Gasteiger partial charge in [-0.3, -0.25) is 0 Å². The van der Waals surface area contributed by atoms with Crippen LogP contribution in [0.5, 0.6) is 0 Å². The molecule has 0 saturated carbocycles. The lowest BCUT2D eigenvalue weighted by Crippen LogP contribution is -2.04. The van der Waals surface area contributed by atoms with E-state index in [0.29, 0.717) is 5.56 Å². The second-order valence-corrected chi connectivity index (χ2v) is 4.77. The zero-order valence-electron chi connectivity index (χ0n) is 12.0. The van der Waals surface area contributed by atoms with Crippen LogP contribution in [0.4, 0.5) is 0 Å². The number of hydrogen-bond acceptors (Lipinski definition) is 2. The monoisotopic (exact) mass is 286 g/mol. The predicted octanol–water partition coefficient (Wildman–Crippen LogP) is 4.05. The van der Waals surface area contributed by atoms with Crippen LogP contribution in [0.1, 0.15) is 15.9 Å². The first-order valence-electron chi connectivity index (χ1n) is 7.03. The van der Waals surface area contributed by atoms with Crippen LogP contribution in [0.15, 0.2) is 72.8 Å². The SMILES string of the molecule is O=C(OCC#Cc1cccc2ccccc12)c1ccccc1. The summed E-state index contributed by atoms with van der Waals surface area (Å²) in [5.41, 5.74) is 1.48. The molecule has 3 aromatic carbocycles. The average Bonchev–Trinajstić information content (AvgIpc) is 2.59. The fourth-order valence-corrected chi connectivity index (χ4v) is 2.22. The summed E-state index contributed by atoms with van der Waals surface area (Å²) in [5.74, 6) is 5.61. The minimum atomic E-state index is -0.354. The van der Waals surface area contributed by atoms with Crippen molar-refractivity contribution in [2.75, 3.05) is 6.61 Å². The summed E-state index contributed by atoms with van der Waals surface area (Å²) in [6.45, 7) is 0.0803. The Morgan fingerprint density at radius 3 is 2.45 bits per heavy atom. The highest BCUT2D eigenvalue weighted by atomic mass is 16.5. The Bertz CT molecular complexity index is 850. The van der Waals surface area contributed by atoms with Crippen LogP contribution in [0.25, 0.3) is 10.8 Å². The minimum Gasteiger partial charge on any atom is -0.449 e. The normalized spacial score (nSPS) is 9.82. The Kier molecular flexibility index (Phi) is 4.17. The van der Waals surface area contributed by atoms with Crippen LogP contribution in [0.3, 0.4) is 0 Å². The molecule has 0 aromatic heterocycles. The Hall–Kier alpha value is -3.05. The van der Waals surface area contributed by atoms with Gasteiger partial charge < -0.3 is 4.74 Å². The van der Waals surface area contributed by atoms with Crippen LogP contribution < -0.4 is 0 Å². The zero-order chi connectivity index (χ0) is 15.2. The summed E-state index contributed by atoms with van der Waals surface area (Å²) in [5, 5.41) is 2.25. The van der Waals surface area contributed by atoms with E-state index in [1.54, 1.807) is 24.3 Å². The van der Waals surface area contributed by atoms with Gasteiger partial charge in [-0.1, -0.05) is 66.4 Å². The molecule has 0 saturated heterocycles. The molecule has 2 nitrogen and oxygen atoms in total. The molecule has 0 aliphatic carbocycles. The molecule has 22 heavy (non-hydrogen) atoms. The number of ether oxygens (including phenoxy) is 1. The number of carbonyl (C=O) groups is 1. The third kappa shape index (κ3) is 3.16. The number of hydrogen-bond donors (Lipinski definition) is 0. The van der Waals surface area contributed by atoms with Crippen LogP contribution in [-0.2, 0) is 4.74 Å². The number of esters is 1. The first kappa shape index (κ1) is 13.9. The lowest BCUT2D eigenvalue weighted by Gasteiger charge is -2.01. The number of benzene rings is 3. The van der Waals surface area contributed by atoms with Gasteiger partial charge in [-0.15, -0.1) is 0 Å². The summed E-state index contributed by atoms with van der Waals surface area (Å²) in [4.78, 5) is 11.8. The van der Waals surface area contributed by atoms with Crippen molar-refractivity contribution >= 4 is 16.7 Å². The Morgan fingerprint density at radius 2 is 1.59 bits per heavy atom. The van der Waals surface area contributed by atoms with Crippen LogP contribution >= 0.6 is 0 Å². The zero-order valence-corrected chi connectivity index (χ0v) is 12.0. The highest BCUT2D eigenvalue weighted by molar-refractivity contribution is 5.89. The van der Waals surface area contributed by atoms with E-state index < -0.39 is 0 Å². The molecule has 0 radical (unpaired) electrons. The number of rotatable bonds is 2. The van der Waals surface area contributed by atoms with Crippen LogP contribution in [-0.4, -0.2) is 12.6 Å². The number of fused-ring (bicyclic) bond motifs is 1. The van der Waals surface area contributed by atoms with Crippen molar-refractivity contribution in [2.24, 2.45) is 0 Å². The Balaban J connectivity index is 1.70. The van der Waals surface area contributed by atoms with Crippen molar-refractivity contribution in [3.63, 3.8) is 0 Å². The largest absolute Gasteiger partial charge is 0.449 e. The van der Waals surface area contributed by atoms with Gasteiger partial charge in [0.25, 0.3) is 0 Å².